The molecule has 0 atom stereocenters. The summed E-state index contributed by atoms with van der Waals surface area (Å²) in [6.07, 6.45) is 0. The van der Waals surface area contributed by atoms with Gasteiger partial charge in [0.15, 0.2) is 0 Å². The molecule has 20 heavy (non-hydrogen) atoms. The van der Waals surface area contributed by atoms with Crippen LogP contribution in [0.2, 0.25) is 0 Å². The Kier molecular flexibility index (Phi) is 3.69. The van der Waals surface area contributed by atoms with Crippen LogP contribution in [0.25, 0.3) is 21.6 Å². The molecule has 1 heterocycles. The van der Waals surface area contributed by atoms with Gasteiger partial charge in [-0.1, -0.05) is 60.7 Å². The molecule has 0 unspecified atom stereocenters. The molecule has 3 rings (SSSR count). The molecule has 0 fully saturated rings. The molecule has 0 amide bonds. The van der Waals surface area contributed by atoms with Gasteiger partial charge in [-0.25, -0.2) is 0 Å². The van der Waals surface area contributed by atoms with Crippen LogP contribution >= 0.6 is 11.3 Å². The van der Waals surface area contributed by atoms with Crippen LogP contribution in [0.15, 0.2) is 66.7 Å². The van der Waals surface area contributed by atoms with Crippen molar-refractivity contribution < 1.29 is 10.0 Å². The minimum atomic E-state index is -1.45. The van der Waals surface area contributed by atoms with E-state index < -0.39 is 7.12 Å². The Morgan fingerprint density at radius 2 is 1.30 bits per heavy atom. The summed E-state index contributed by atoms with van der Waals surface area (Å²) in [6, 6.07) is 21.8. The molecule has 0 aliphatic heterocycles. The van der Waals surface area contributed by atoms with E-state index in [0.29, 0.717) is 4.78 Å². The van der Waals surface area contributed by atoms with Gasteiger partial charge in [0.05, 0.1) is 0 Å². The lowest BCUT2D eigenvalue weighted by molar-refractivity contribution is 0.427. The highest BCUT2D eigenvalue weighted by Gasteiger charge is 2.21. The summed E-state index contributed by atoms with van der Waals surface area (Å²) < 4.78 is 0.579. The molecule has 2 nitrogen and oxygen atoms in total. The molecular formula is C16H13BO2S. The number of hydrogen-bond donors (Lipinski definition) is 2. The zero-order valence-corrected chi connectivity index (χ0v) is 11.5. The van der Waals surface area contributed by atoms with Crippen molar-refractivity contribution in [2.45, 2.75) is 0 Å². The van der Waals surface area contributed by atoms with E-state index >= 15 is 0 Å². The fraction of sp³-hybridized carbons (Fsp3) is 0. The maximum atomic E-state index is 9.59. The first kappa shape index (κ1) is 13.1. The third-order valence-corrected chi connectivity index (χ3v) is 4.36. The monoisotopic (exact) mass is 280 g/mol. The second-order valence-corrected chi connectivity index (χ2v) is 5.58. The summed E-state index contributed by atoms with van der Waals surface area (Å²) in [6.45, 7) is 0. The van der Waals surface area contributed by atoms with E-state index in [1.807, 2.05) is 66.7 Å². The summed E-state index contributed by atoms with van der Waals surface area (Å²) in [7, 11) is -1.45. The Labute approximate surface area is 122 Å². The first-order valence-corrected chi connectivity index (χ1v) is 7.18. The predicted octanol–water partition coefficient (Wildman–Crippen LogP) is 2.76. The third-order valence-electron chi connectivity index (χ3n) is 3.14. The van der Waals surface area contributed by atoms with E-state index in [9.17, 15) is 10.0 Å². The van der Waals surface area contributed by atoms with Crippen molar-refractivity contribution >= 4 is 23.2 Å². The Balaban J connectivity index is 2.13. The first-order chi connectivity index (χ1) is 9.75. The summed E-state index contributed by atoms with van der Waals surface area (Å²) in [5.74, 6) is 0. The highest BCUT2D eigenvalue weighted by Crippen LogP contribution is 2.31. The van der Waals surface area contributed by atoms with E-state index in [2.05, 4.69) is 0 Å². The lowest BCUT2D eigenvalue weighted by atomic mass is 9.84. The largest absolute Gasteiger partial charge is 0.499 e. The summed E-state index contributed by atoms with van der Waals surface area (Å²) in [5.41, 5.74) is 2.96. The van der Waals surface area contributed by atoms with Crippen molar-refractivity contribution in [2.24, 2.45) is 0 Å². The number of thiophene rings is 1. The molecule has 0 radical (unpaired) electrons. The van der Waals surface area contributed by atoms with Crippen molar-refractivity contribution in [3.05, 3.63) is 66.7 Å². The van der Waals surface area contributed by atoms with Crippen molar-refractivity contribution in [3.8, 4) is 21.6 Å². The van der Waals surface area contributed by atoms with Gasteiger partial charge in [-0.2, -0.15) is 0 Å². The standard InChI is InChI=1S/C16H13BO2S/c18-17(19)16-14(12-7-3-1-4-8-12)11-15(20-16)13-9-5-2-6-10-13/h1-11,18-19H. The SMILES string of the molecule is OB(O)c1sc(-c2ccccc2)cc1-c1ccccc1. The summed E-state index contributed by atoms with van der Waals surface area (Å²) >= 11 is 1.42. The van der Waals surface area contributed by atoms with Gasteiger partial charge in [-0.05, 0) is 22.8 Å². The van der Waals surface area contributed by atoms with Gasteiger partial charge in [0.2, 0.25) is 0 Å². The van der Waals surface area contributed by atoms with Crippen LogP contribution < -0.4 is 4.78 Å². The molecule has 0 saturated heterocycles. The normalized spacial score (nSPS) is 10.5. The predicted molar refractivity (Wildman–Crippen MR) is 85.0 cm³/mol. The van der Waals surface area contributed by atoms with Crippen LogP contribution in [0, 0.1) is 0 Å². The number of hydrogen-bond acceptors (Lipinski definition) is 3. The van der Waals surface area contributed by atoms with Crippen LogP contribution in [0.4, 0.5) is 0 Å². The maximum absolute atomic E-state index is 9.59. The van der Waals surface area contributed by atoms with Crippen molar-refractivity contribution in [1.82, 2.24) is 0 Å². The summed E-state index contributed by atoms with van der Waals surface area (Å²) in [5, 5.41) is 19.2. The zero-order chi connectivity index (χ0) is 13.9. The Bertz CT molecular complexity index is 693. The fourth-order valence-corrected chi connectivity index (χ4v) is 3.24. The van der Waals surface area contributed by atoms with Crippen LogP contribution in [0.3, 0.4) is 0 Å². The van der Waals surface area contributed by atoms with E-state index in [0.717, 1.165) is 21.6 Å². The van der Waals surface area contributed by atoms with Gasteiger partial charge in [-0.3, -0.25) is 0 Å². The fourth-order valence-electron chi connectivity index (χ4n) is 2.18. The molecule has 0 bridgehead atoms. The zero-order valence-electron chi connectivity index (χ0n) is 10.7. The molecule has 0 saturated carbocycles. The van der Waals surface area contributed by atoms with E-state index in [1.165, 1.54) is 11.3 Å². The van der Waals surface area contributed by atoms with Crippen molar-refractivity contribution in [3.63, 3.8) is 0 Å². The van der Waals surface area contributed by atoms with Gasteiger partial charge < -0.3 is 10.0 Å². The quantitative estimate of drug-likeness (QED) is 0.724. The topological polar surface area (TPSA) is 40.5 Å². The van der Waals surface area contributed by atoms with E-state index in [-0.39, 0.29) is 0 Å². The molecule has 0 aliphatic carbocycles. The molecule has 0 aliphatic rings. The third kappa shape index (κ3) is 2.54. The van der Waals surface area contributed by atoms with Crippen LogP contribution in [0.1, 0.15) is 0 Å². The Hall–Kier alpha value is -1.88. The lowest BCUT2D eigenvalue weighted by Gasteiger charge is -2.01. The highest BCUT2D eigenvalue weighted by molar-refractivity contribution is 7.25. The van der Waals surface area contributed by atoms with Gasteiger partial charge in [0, 0.05) is 9.65 Å². The molecule has 3 aromatic rings. The van der Waals surface area contributed by atoms with E-state index in [4.69, 9.17) is 0 Å². The minimum Gasteiger partial charge on any atom is -0.423 e. The molecule has 2 N–H and O–H groups in total. The molecular weight excluding hydrogens is 267 g/mol. The van der Waals surface area contributed by atoms with Crippen LogP contribution in [-0.2, 0) is 0 Å². The van der Waals surface area contributed by atoms with Crippen molar-refractivity contribution in [2.75, 3.05) is 0 Å². The van der Waals surface area contributed by atoms with Crippen LogP contribution in [-0.4, -0.2) is 17.2 Å². The smallest absolute Gasteiger partial charge is 0.423 e. The lowest BCUT2D eigenvalue weighted by Crippen LogP contribution is -2.28. The van der Waals surface area contributed by atoms with Gasteiger partial charge >= 0.3 is 7.12 Å². The van der Waals surface area contributed by atoms with Gasteiger partial charge in [0.25, 0.3) is 0 Å². The highest BCUT2D eigenvalue weighted by atomic mass is 32.1. The number of benzene rings is 2. The van der Waals surface area contributed by atoms with E-state index in [1.54, 1.807) is 0 Å². The van der Waals surface area contributed by atoms with Crippen molar-refractivity contribution in [1.29, 1.82) is 0 Å². The first-order valence-electron chi connectivity index (χ1n) is 6.36. The Morgan fingerprint density at radius 1 is 0.750 bits per heavy atom. The summed E-state index contributed by atoms with van der Waals surface area (Å²) in [4.78, 5) is 1.03. The molecule has 1 aromatic heterocycles. The average molecular weight is 280 g/mol. The average Bonchev–Trinajstić information content (AvgIpc) is 2.94. The second-order valence-electron chi connectivity index (χ2n) is 4.49. The molecule has 98 valence electrons. The minimum absolute atomic E-state index is 0.579. The van der Waals surface area contributed by atoms with Crippen LogP contribution in [0.5, 0.6) is 0 Å². The molecule has 4 heteroatoms. The maximum Gasteiger partial charge on any atom is 0.499 e. The van der Waals surface area contributed by atoms with Gasteiger partial charge in [0.1, 0.15) is 0 Å². The second kappa shape index (κ2) is 5.63. The molecule has 2 aromatic carbocycles. The van der Waals surface area contributed by atoms with Gasteiger partial charge in [-0.15, -0.1) is 11.3 Å². The Morgan fingerprint density at radius 3 is 1.85 bits per heavy atom. The number of rotatable bonds is 3. The molecule has 0 spiro atoms.